The van der Waals surface area contributed by atoms with Crippen LogP contribution in [0, 0.1) is 6.92 Å². The minimum absolute atomic E-state index is 0.566. The van der Waals surface area contributed by atoms with E-state index in [-0.39, 0.29) is 0 Å². The van der Waals surface area contributed by atoms with Crippen LogP contribution in [-0.4, -0.2) is 41.3 Å². The third-order valence-corrected chi connectivity index (χ3v) is 5.42. The molecule has 0 atom stereocenters. The molecule has 2 aromatic heterocycles. The minimum Gasteiger partial charge on any atom is -0.399 e. The van der Waals surface area contributed by atoms with E-state index in [1.54, 1.807) is 6.20 Å². The predicted octanol–water partition coefficient (Wildman–Crippen LogP) is 4.10. The molecule has 1 aliphatic rings. The molecule has 2 aromatic carbocycles. The third-order valence-electron chi connectivity index (χ3n) is 5.42. The molecule has 0 aliphatic carbocycles. The highest BCUT2D eigenvalue weighted by Gasteiger charge is 2.14. The fourth-order valence-corrected chi connectivity index (χ4v) is 3.94. The number of aromatic amines is 1. The van der Waals surface area contributed by atoms with Gasteiger partial charge >= 0.3 is 0 Å². The molecule has 30 heavy (non-hydrogen) atoms. The molecule has 1 fully saturated rings. The summed E-state index contributed by atoms with van der Waals surface area (Å²) >= 11 is 0. The molecule has 1 saturated heterocycles. The number of ether oxygens (including phenoxy) is 1. The van der Waals surface area contributed by atoms with Crippen molar-refractivity contribution in [2.45, 2.75) is 6.92 Å². The molecule has 3 heterocycles. The molecule has 4 aromatic rings. The van der Waals surface area contributed by atoms with Crippen LogP contribution >= 0.6 is 0 Å². The number of nitrogen functional groups attached to an aromatic ring is 1. The van der Waals surface area contributed by atoms with Gasteiger partial charge < -0.3 is 25.7 Å². The summed E-state index contributed by atoms with van der Waals surface area (Å²) < 4.78 is 5.43. The zero-order chi connectivity index (χ0) is 20.5. The fraction of sp³-hybridized carbons (Fsp3) is 0.217. The summed E-state index contributed by atoms with van der Waals surface area (Å²) in [6.07, 6.45) is 1.78. The van der Waals surface area contributed by atoms with Crippen molar-refractivity contribution >= 4 is 33.9 Å². The number of benzene rings is 2. The second kappa shape index (κ2) is 7.68. The van der Waals surface area contributed by atoms with Crippen molar-refractivity contribution in [3.05, 3.63) is 60.4 Å². The quantitative estimate of drug-likeness (QED) is 0.447. The highest BCUT2D eigenvalue weighted by Crippen LogP contribution is 2.32. The van der Waals surface area contributed by atoms with Gasteiger partial charge in [0.1, 0.15) is 0 Å². The van der Waals surface area contributed by atoms with Gasteiger partial charge in [0.05, 0.1) is 18.9 Å². The molecule has 152 valence electrons. The number of H-pyrrole nitrogens is 1. The molecule has 5 rings (SSSR count). The number of nitrogens with zero attached hydrogens (tertiary/aromatic N) is 3. The van der Waals surface area contributed by atoms with Crippen LogP contribution in [0.2, 0.25) is 0 Å². The molecule has 1 aliphatic heterocycles. The lowest BCUT2D eigenvalue weighted by Crippen LogP contribution is -2.36. The number of anilines is 4. The first-order chi connectivity index (χ1) is 14.7. The summed E-state index contributed by atoms with van der Waals surface area (Å²) in [6.45, 7) is 5.45. The average molecular weight is 400 g/mol. The average Bonchev–Trinajstić information content (AvgIpc) is 3.10. The van der Waals surface area contributed by atoms with Gasteiger partial charge in [0.2, 0.25) is 5.95 Å². The summed E-state index contributed by atoms with van der Waals surface area (Å²) in [5.41, 5.74) is 12.8. The summed E-state index contributed by atoms with van der Waals surface area (Å²) in [6, 6.07) is 16.2. The van der Waals surface area contributed by atoms with E-state index in [0.717, 1.165) is 65.5 Å². The number of fused-ring (bicyclic) bond motifs is 1. The van der Waals surface area contributed by atoms with Crippen molar-refractivity contribution in [2.75, 3.05) is 42.3 Å². The maximum absolute atomic E-state index is 5.93. The molecule has 0 unspecified atom stereocenters. The number of rotatable bonds is 4. The second-order valence-electron chi connectivity index (χ2n) is 7.47. The molecule has 0 bridgehead atoms. The zero-order valence-corrected chi connectivity index (χ0v) is 16.9. The van der Waals surface area contributed by atoms with E-state index in [4.69, 9.17) is 15.5 Å². The van der Waals surface area contributed by atoms with Crippen LogP contribution in [0.4, 0.5) is 23.0 Å². The first-order valence-corrected chi connectivity index (χ1v) is 10.1. The van der Waals surface area contributed by atoms with E-state index >= 15 is 0 Å². The summed E-state index contributed by atoms with van der Waals surface area (Å²) in [5.74, 6) is 0.566. The monoisotopic (exact) mass is 400 g/mol. The Morgan fingerprint density at radius 1 is 1.07 bits per heavy atom. The predicted molar refractivity (Wildman–Crippen MR) is 121 cm³/mol. The Hall–Kier alpha value is -3.58. The number of hydrogen-bond acceptors (Lipinski definition) is 6. The molecule has 0 radical (unpaired) electrons. The van der Waals surface area contributed by atoms with Crippen molar-refractivity contribution in [1.82, 2.24) is 15.0 Å². The van der Waals surface area contributed by atoms with Crippen molar-refractivity contribution < 1.29 is 4.74 Å². The Balaban J connectivity index is 1.40. The molecular weight excluding hydrogens is 376 g/mol. The van der Waals surface area contributed by atoms with Gasteiger partial charge in [0, 0.05) is 58.5 Å². The van der Waals surface area contributed by atoms with E-state index in [1.165, 1.54) is 5.69 Å². The van der Waals surface area contributed by atoms with E-state index in [9.17, 15) is 0 Å². The van der Waals surface area contributed by atoms with Crippen molar-refractivity contribution in [3.8, 4) is 11.3 Å². The Morgan fingerprint density at radius 2 is 1.87 bits per heavy atom. The van der Waals surface area contributed by atoms with Crippen LogP contribution in [0.1, 0.15) is 5.69 Å². The fourth-order valence-electron chi connectivity index (χ4n) is 3.94. The second-order valence-corrected chi connectivity index (χ2v) is 7.47. The smallest absolute Gasteiger partial charge is 0.227 e. The summed E-state index contributed by atoms with van der Waals surface area (Å²) in [7, 11) is 0. The zero-order valence-electron chi connectivity index (χ0n) is 16.9. The van der Waals surface area contributed by atoms with E-state index < -0.39 is 0 Å². The maximum atomic E-state index is 5.93. The number of aromatic nitrogens is 3. The van der Waals surface area contributed by atoms with E-state index in [0.29, 0.717) is 5.95 Å². The van der Waals surface area contributed by atoms with Crippen LogP contribution in [0.25, 0.3) is 22.2 Å². The number of nitrogens with one attached hydrogen (secondary N) is 2. The maximum Gasteiger partial charge on any atom is 0.227 e. The van der Waals surface area contributed by atoms with Crippen molar-refractivity contribution in [1.29, 1.82) is 0 Å². The lowest BCUT2D eigenvalue weighted by molar-refractivity contribution is 0.122. The van der Waals surface area contributed by atoms with Crippen molar-refractivity contribution in [3.63, 3.8) is 0 Å². The van der Waals surface area contributed by atoms with Crippen LogP contribution in [0.15, 0.2) is 54.7 Å². The van der Waals surface area contributed by atoms with Crippen LogP contribution in [0.3, 0.4) is 0 Å². The first kappa shape index (κ1) is 18.4. The van der Waals surface area contributed by atoms with Gasteiger partial charge in [-0.05, 0) is 49.4 Å². The standard InChI is InChI=1S/C23H24N6O/c1-15-22(19-7-2-16(24)14-21(19)26-15)20-8-9-25-23(28-20)27-17-3-5-18(6-4-17)29-10-12-30-13-11-29/h2-9,14,26H,10-13,24H2,1H3,(H,25,27,28). The molecule has 4 N–H and O–H groups in total. The Morgan fingerprint density at radius 3 is 2.67 bits per heavy atom. The molecule has 0 saturated carbocycles. The molecule has 7 nitrogen and oxygen atoms in total. The highest BCUT2D eigenvalue weighted by molar-refractivity contribution is 5.97. The highest BCUT2D eigenvalue weighted by atomic mass is 16.5. The molecule has 0 amide bonds. The molecule has 7 heteroatoms. The van der Waals surface area contributed by atoms with E-state index in [1.807, 2.05) is 31.2 Å². The summed E-state index contributed by atoms with van der Waals surface area (Å²) in [4.78, 5) is 14.9. The molecular formula is C23H24N6O. The van der Waals surface area contributed by atoms with Crippen LogP contribution in [0.5, 0.6) is 0 Å². The third kappa shape index (κ3) is 3.55. The summed E-state index contributed by atoms with van der Waals surface area (Å²) in [5, 5.41) is 4.42. The van der Waals surface area contributed by atoms with Gasteiger partial charge in [-0.3, -0.25) is 0 Å². The number of morpholine rings is 1. The Labute approximate surface area is 174 Å². The van der Waals surface area contributed by atoms with Crippen LogP contribution < -0.4 is 16.0 Å². The van der Waals surface area contributed by atoms with Gasteiger partial charge in [-0.15, -0.1) is 0 Å². The van der Waals surface area contributed by atoms with Gasteiger partial charge in [0.15, 0.2) is 0 Å². The molecule has 0 spiro atoms. The SMILES string of the molecule is Cc1[nH]c2cc(N)ccc2c1-c1ccnc(Nc2ccc(N3CCOCC3)cc2)n1. The first-order valence-electron chi connectivity index (χ1n) is 10.1. The number of hydrogen-bond donors (Lipinski definition) is 3. The van der Waals surface area contributed by atoms with Gasteiger partial charge in [0.25, 0.3) is 0 Å². The van der Waals surface area contributed by atoms with Crippen LogP contribution in [-0.2, 0) is 4.74 Å². The number of aryl methyl sites for hydroxylation is 1. The van der Waals surface area contributed by atoms with Gasteiger partial charge in [-0.2, -0.15) is 0 Å². The number of nitrogens with two attached hydrogens (primary N) is 1. The topological polar surface area (TPSA) is 92.1 Å². The van der Waals surface area contributed by atoms with Gasteiger partial charge in [-0.1, -0.05) is 6.07 Å². The van der Waals surface area contributed by atoms with Gasteiger partial charge in [-0.25, -0.2) is 9.97 Å². The Kier molecular flexibility index (Phi) is 4.72. The lowest BCUT2D eigenvalue weighted by Gasteiger charge is -2.28. The lowest BCUT2D eigenvalue weighted by atomic mass is 10.1. The minimum atomic E-state index is 0.566. The normalized spacial score (nSPS) is 14.2. The largest absolute Gasteiger partial charge is 0.399 e. The van der Waals surface area contributed by atoms with E-state index in [2.05, 4.69) is 44.5 Å². The van der Waals surface area contributed by atoms with Crippen molar-refractivity contribution in [2.24, 2.45) is 0 Å². The Bertz CT molecular complexity index is 1180.